The third-order valence-electron chi connectivity index (χ3n) is 2.88. The molecule has 1 heterocycles. The van der Waals surface area contributed by atoms with Crippen LogP contribution in [-0.4, -0.2) is 11.9 Å². The summed E-state index contributed by atoms with van der Waals surface area (Å²) in [5.41, 5.74) is 6.53. The topological polar surface area (TPSA) is 55.1 Å². The smallest absolute Gasteiger partial charge is 0.263 e. The van der Waals surface area contributed by atoms with Crippen molar-refractivity contribution >= 4 is 44.6 Å². The molecule has 5 heteroatoms. The third kappa shape index (κ3) is 2.44. The number of carbonyl (C=O) groups is 1. The van der Waals surface area contributed by atoms with E-state index >= 15 is 0 Å². The van der Waals surface area contributed by atoms with Gasteiger partial charge in [-0.2, -0.15) is 0 Å². The molecule has 1 aromatic carbocycles. The molecule has 96 valence electrons. The zero-order valence-corrected chi connectivity index (χ0v) is 11.9. The third-order valence-corrected chi connectivity index (χ3v) is 4.30. The molecule has 0 saturated carbocycles. The molecule has 3 nitrogen and oxygen atoms in total. The van der Waals surface area contributed by atoms with Crippen LogP contribution in [0.2, 0.25) is 5.02 Å². The van der Waals surface area contributed by atoms with Crippen LogP contribution in [0, 0.1) is 0 Å². The maximum absolute atomic E-state index is 12.1. The van der Waals surface area contributed by atoms with Gasteiger partial charge in [-0.25, -0.2) is 0 Å². The van der Waals surface area contributed by atoms with E-state index in [2.05, 4.69) is 5.32 Å². The molecular weight excluding hydrogens is 268 g/mol. The van der Waals surface area contributed by atoms with Gasteiger partial charge in [0.2, 0.25) is 0 Å². The molecule has 0 aliphatic carbocycles. The number of amides is 1. The lowest BCUT2D eigenvalue weighted by Gasteiger charge is -2.10. The van der Waals surface area contributed by atoms with Crippen molar-refractivity contribution in [2.24, 2.45) is 0 Å². The normalized spacial score (nSPS) is 12.6. The maximum atomic E-state index is 12.1. The van der Waals surface area contributed by atoms with Crippen LogP contribution < -0.4 is 11.1 Å². The summed E-state index contributed by atoms with van der Waals surface area (Å²) in [5, 5.41) is 4.40. The van der Waals surface area contributed by atoms with E-state index in [1.54, 1.807) is 12.1 Å². The molecule has 0 radical (unpaired) electrons. The molecule has 1 unspecified atom stereocenters. The molecule has 0 aliphatic rings. The highest BCUT2D eigenvalue weighted by molar-refractivity contribution is 7.21. The van der Waals surface area contributed by atoms with E-state index in [1.807, 2.05) is 19.9 Å². The van der Waals surface area contributed by atoms with E-state index in [0.29, 0.717) is 15.6 Å². The van der Waals surface area contributed by atoms with Crippen LogP contribution in [-0.2, 0) is 0 Å². The highest BCUT2D eigenvalue weighted by atomic mass is 35.5. The monoisotopic (exact) mass is 282 g/mol. The molecule has 2 aromatic rings. The Bertz CT molecular complexity index is 594. The predicted molar refractivity (Wildman–Crippen MR) is 78.5 cm³/mol. The molecule has 0 aliphatic heterocycles. The number of hydrogen-bond donors (Lipinski definition) is 2. The molecule has 1 amide bonds. The van der Waals surface area contributed by atoms with Gasteiger partial charge in [0.1, 0.15) is 4.88 Å². The van der Waals surface area contributed by atoms with Gasteiger partial charge < -0.3 is 11.1 Å². The fraction of sp³-hybridized carbons (Fsp3) is 0.308. The van der Waals surface area contributed by atoms with Gasteiger partial charge in [0.15, 0.2) is 0 Å². The molecule has 0 bridgehead atoms. The first-order chi connectivity index (χ1) is 8.52. The zero-order chi connectivity index (χ0) is 13.3. The maximum Gasteiger partial charge on any atom is 0.263 e. The average Bonchev–Trinajstić information content (AvgIpc) is 2.66. The zero-order valence-electron chi connectivity index (χ0n) is 10.3. The first-order valence-corrected chi connectivity index (χ1v) is 7.00. The standard InChI is InChI=1S/C13H15ClN2OS/c1-3-7(2)16-13(17)12-11(15)9-6-8(14)4-5-10(9)18-12/h4-7H,3,15H2,1-2H3,(H,16,17). The van der Waals surface area contributed by atoms with Gasteiger partial charge in [0.25, 0.3) is 5.91 Å². The summed E-state index contributed by atoms with van der Waals surface area (Å²) in [5.74, 6) is -0.112. The van der Waals surface area contributed by atoms with Gasteiger partial charge in [-0.05, 0) is 31.5 Å². The highest BCUT2D eigenvalue weighted by Crippen LogP contribution is 2.35. The summed E-state index contributed by atoms with van der Waals surface area (Å²) in [6.07, 6.45) is 0.891. The fourth-order valence-electron chi connectivity index (χ4n) is 1.65. The number of halogens is 1. The summed E-state index contributed by atoms with van der Waals surface area (Å²) in [6, 6.07) is 5.63. The van der Waals surface area contributed by atoms with Gasteiger partial charge in [0.05, 0.1) is 5.69 Å². The Hall–Kier alpha value is -1.26. The summed E-state index contributed by atoms with van der Waals surface area (Å²) < 4.78 is 0.978. The lowest BCUT2D eigenvalue weighted by molar-refractivity contribution is 0.0944. The minimum Gasteiger partial charge on any atom is -0.397 e. The van der Waals surface area contributed by atoms with Crippen molar-refractivity contribution < 1.29 is 4.79 Å². The molecule has 1 atom stereocenters. The van der Waals surface area contributed by atoms with Gasteiger partial charge >= 0.3 is 0 Å². The number of fused-ring (bicyclic) bond motifs is 1. The van der Waals surface area contributed by atoms with E-state index in [0.717, 1.165) is 16.5 Å². The lowest BCUT2D eigenvalue weighted by atomic mass is 10.2. The molecular formula is C13H15ClN2OS. The first kappa shape index (κ1) is 13.2. The van der Waals surface area contributed by atoms with Crippen molar-refractivity contribution in [3.05, 3.63) is 28.1 Å². The Balaban J connectivity index is 2.40. The number of thiophene rings is 1. The highest BCUT2D eigenvalue weighted by Gasteiger charge is 2.17. The molecule has 3 N–H and O–H groups in total. The Morgan fingerprint density at radius 3 is 2.94 bits per heavy atom. The summed E-state index contributed by atoms with van der Waals surface area (Å²) in [4.78, 5) is 12.6. The van der Waals surface area contributed by atoms with Crippen LogP contribution >= 0.6 is 22.9 Å². The van der Waals surface area contributed by atoms with Crippen LogP contribution in [0.25, 0.3) is 10.1 Å². The molecule has 2 rings (SSSR count). The lowest BCUT2D eigenvalue weighted by Crippen LogP contribution is -2.31. The van der Waals surface area contributed by atoms with Gasteiger partial charge in [-0.15, -0.1) is 11.3 Å². The first-order valence-electron chi connectivity index (χ1n) is 5.81. The van der Waals surface area contributed by atoms with Crippen molar-refractivity contribution in [2.75, 3.05) is 5.73 Å². The number of hydrogen-bond acceptors (Lipinski definition) is 3. The Kier molecular flexibility index (Phi) is 3.78. The van der Waals surface area contributed by atoms with Crippen molar-refractivity contribution in [1.82, 2.24) is 5.32 Å². The van der Waals surface area contributed by atoms with Crippen molar-refractivity contribution in [1.29, 1.82) is 0 Å². The molecule has 0 saturated heterocycles. The predicted octanol–water partition coefficient (Wildman–Crippen LogP) is 3.67. The Morgan fingerprint density at radius 1 is 1.56 bits per heavy atom. The Labute approximate surface area is 115 Å². The van der Waals surface area contributed by atoms with Crippen molar-refractivity contribution in [3.63, 3.8) is 0 Å². The van der Waals surface area contributed by atoms with Gasteiger partial charge in [-0.1, -0.05) is 18.5 Å². The SMILES string of the molecule is CCC(C)NC(=O)c1sc2ccc(Cl)cc2c1N. The van der Waals surface area contributed by atoms with Gasteiger partial charge in [0, 0.05) is 21.2 Å². The number of benzene rings is 1. The molecule has 0 fully saturated rings. The second-order valence-corrected chi connectivity index (χ2v) is 5.76. The Morgan fingerprint density at radius 2 is 2.28 bits per heavy atom. The van der Waals surface area contributed by atoms with E-state index in [-0.39, 0.29) is 11.9 Å². The second-order valence-electron chi connectivity index (χ2n) is 4.27. The quantitative estimate of drug-likeness (QED) is 0.902. The summed E-state index contributed by atoms with van der Waals surface area (Å²) in [7, 11) is 0. The number of anilines is 1. The molecule has 1 aromatic heterocycles. The van der Waals surface area contributed by atoms with Crippen molar-refractivity contribution in [3.8, 4) is 0 Å². The van der Waals surface area contributed by atoms with Crippen LogP contribution in [0.4, 0.5) is 5.69 Å². The van der Waals surface area contributed by atoms with Crippen LogP contribution in [0.5, 0.6) is 0 Å². The summed E-state index contributed by atoms with van der Waals surface area (Å²) in [6.45, 7) is 4.00. The fourth-order valence-corrected chi connectivity index (χ4v) is 2.83. The van der Waals surface area contributed by atoms with E-state index < -0.39 is 0 Å². The van der Waals surface area contributed by atoms with Gasteiger partial charge in [-0.3, -0.25) is 4.79 Å². The second kappa shape index (κ2) is 5.16. The van der Waals surface area contributed by atoms with E-state index in [9.17, 15) is 4.79 Å². The molecule has 18 heavy (non-hydrogen) atoms. The number of nitrogens with one attached hydrogen (secondary N) is 1. The minimum atomic E-state index is -0.112. The molecule has 0 spiro atoms. The number of nitrogens with two attached hydrogens (primary N) is 1. The number of rotatable bonds is 3. The average molecular weight is 283 g/mol. The van der Waals surface area contributed by atoms with Crippen LogP contribution in [0.3, 0.4) is 0 Å². The van der Waals surface area contributed by atoms with E-state index in [4.69, 9.17) is 17.3 Å². The van der Waals surface area contributed by atoms with E-state index in [1.165, 1.54) is 11.3 Å². The number of nitrogen functional groups attached to an aromatic ring is 1. The van der Waals surface area contributed by atoms with Crippen LogP contribution in [0.1, 0.15) is 29.9 Å². The van der Waals surface area contributed by atoms with Crippen molar-refractivity contribution in [2.45, 2.75) is 26.3 Å². The largest absolute Gasteiger partial charge is 0.397 e. The minimum absolute atomic E-state index is 0.112. The summed E-state index contributed by atoms with van der Waals surface area (Å²) >= 11 is 7.33. The number of carbonyl (C=O) groups excluding carboxylic acids is 1. The van der Waals surface area contributed by atoms with Crippen LogP contribution in [0.15, 0.2) is 18.2 Å².